The Hall–Kier alpha value is -2.97. The largest absolute Gasteiger partial charge is 0.493 e. The number of benzene rings is 1. The maximum atomic E-state index is 12.2. The minimum Gasteiger partial charge on any atom is -0.493 e. The molecule has 0 spiro atoms. The van der Waals surface area contributed by atoms with E-state index in [0.717, 1.165) is 18.2 Å². The van der Waals surface area contributed by atoms with Crippen LogP contribution in [0.25, 0.3) is 10.9 Å². The SMILES string of the molecule is COc1cc2nc(N3CCN(C(=O)NC4CC4)CC3)nc(N)c2cc1OC. The first-order chi connectivity index (χ1) is 13.1. The van der Waals surface area contributed by atoms with Gasteiger partial charge in [-0.2, -0.15) is 4.98 Å². The predicted octanol–water partition coefficient (Wildman–Crippen LogP) is 1.22. The number of carbonyl (C=O) groups excluding carboxylic acids is 1. The van der Waals surface area contributed by atoms with Gasteiger partial charge in [-0.3, -0.25) is 0 Å². The third-order valence-corrected chi connectivity index (χ3v) is 4.97. The number of hydrogen-bond acceptors (Lipinski definition) is 7. The molecule has 1 aliphatic heterocycles. The van der Waals surface area contributed by atoms with Gasteiger partial charge in [0.25, 0.3) is 0 Å². The van der Waals surface area contributed by atoms with E-state index in [1.807, 2.05) is 9.80 Å². The molecular formula is C18H24N6O3. The second kappa shape index (κ2) is 6.98. The molecule has 144 valence electrons. The zero-order chi connectivity index (χ0) is 19.0. The smallest absolute Gasteiger partial charge is 0.317 e. The Kier molecular flexibility index (Phi) is 4.51. The van der Waals surface area contributed by atoms with Crippen molar-refractivity contribution in [2.45, 2.75) is 18.9 Å². The molecule has 1 aromatic heterocycles. The number of urea groups is 1. The molecule has 0 bridgehead atoms. The lowest BCUT2D eigenvalue weighted by Gasteiger charge is -2.34. The summed E-state index contributed by atoms with van der Waals surface area (Å²) in [4.78, 5) is 25.2. The third-order valence-electron chi connectivity index (χ3n) is 4.97. The quantitative estimate of drug-likeness (QED) is 0.831. The first-order valence-electron chi connectivity index (χ1n) is 9.08. The average molecular weight is 372 g/mol. The van der Waals surface area contributed by atoms with Gasteiger partial charge in [-0.25, -0.2) is 9.78 Å². The van der Waals surface area contributed by atoms with E-state index < -0.39 is 0 Å². The molecule has 27 heavy (non-hydrogen) atoms. The molecule has 4 rings (SSSR count). The Morgan fingerprint density at radius 1 is 1.11 bits per heavy atom. The lowest BCUT2D eigenvalue weighted by Crippen LogP contribution is -2.52. The normalized spacial score (nSPS) is 17.1. The molecule has 1 aromatic carbocycles. The fourth-order valence-corrected chi connectivity index (χ4v) is 3.21. The highest BCUT2D eigenvalue weighted by atomic mass is 16.5. The van der Waals surface area contributed by atoms with Crippen LogP contribution in [0.5, 0.6) is 11.5 Å². The van der Waals surface area contributed by atoms with Crippen LogP contribution in [-0.4, -0.2) is 67.3 Å². The number of carbonyl (C=O) groups is 1. The van der Waals surface area contributed by atoms with Crippen LogP contribution in [0.1, 0.15) is 12.8 Å². The Labute approximate surface area is 157 Å². The lowest BCUT2D eigenvalue weighted by atomic mass is 10.2. The highest BCUT2D eigenvalue weighted by molar-refractivity contribution is 5.91. The van der Waals surface area contributed by atoms with Crippen LogP contribution in [0.2, 0.25) is 0 Å². The summed E-state index contributed by atoms with van der Waals surface area (Å²) in [5.41, 5.74) is 6.87. The number of hydrogen-bond donors (Lipinski definition) is 2. The van der Waals surface area contributed by atoms with Crippen molar-refractivity contribution >= 4 is 28.7 Å². The van der Waals surface area contributed by atoms with Gasteiger partial charge in [0.2, 0.25) is 5.95 Å². The molecule has 1 saturated carbocycles. The van der Waals surface area contributed by atoms with Gasteiger partial charge in [0.1, 0.15) is 5.82 Å². The van der Waals surface area contributed by atoms with Crippen molar-refractivity contribution in [2.24, 2.45) is 0 Å². The molecule has 2 aromatic rings. The predicted molar refractivity (Wildman–Crippen MR) is 102 cm³/mol. The number of rotatable bonds is 4. The number of nitrogen functional groups attached to an aromatic ring is 1. The zero-order valence-electron chi connectivity index (χ0n) is 15.6. The van der Waals surface area contributed by atoms with E-state index >= 15 is 0 Å². The van der Waals surface area contributed by atoms with E-state index in [4.69, 9.17) is 15.2 Å². The molecule has 2 amide bonds. The Balaban J connectivity index is 1.52. The van der Waals surface area contributed by atoms with Crippen LogP contribution in [-0.2, 0) is 0 Å². The lowest BCUT2D eigenvalue weighted by molar-refractivity contribution is 0.193. The van der Waals surface area contributed by atoms with E-state index in [-0.39, 0.29) is 6.03 Å². The third kappa shape index (κ3) is 3.49. The van der Waals surface area contributed by atoms with Gasteiger partial charge < -0.3 is 30.3 Å². The Bertz CT molecular complexity index is 862. The van der Waals surface area contributed by atoms with Crippen molar-refractivity contribution in [2.75, 3.05) is 51.0 Å². The van der Waals surface area contributed by atoms with E-state index in [9.17, 15) is 4.79 Å². The van der Waals surface area contributed by atoms with Crippen LogP contribution >= 0.6 is 0 Å². The number of fused-ring (bicyclic) bond motifs is 1. The molecule has 0 radical (unpaired) electrons. The van der Waals surface area contributed by atoms with Crippen LogP contribution in [0.3, 0.4) is 0 Å². The number of aromatic nitrogens is 2. The van der Waals surface area contributed by atoms with Crippen molar-refractivity contribution < 1.29 is 14.3 Å². The summed E-state index contributed by atoms with van der Waals surface area (Å²) in [7, 11) is 3.16. The maximum absolute atomic E-state index is 12.2. The molecule has 0 atom stereocenters. The van der Waals surface area contributed by atoms with Gasteiger partial charge in [-0.15, -0.1) is 0 Å². The van der Waals surface area contributed by atoms with Gasteiger partial charge in [-0.1, -0.05) is 0 Å². The molecule has 1 saturated heterocycles. The molecule has 0 unspecified atom stereocenters. The molecule has 2 fully saturated rings. The summed E-state index contributed by atoms with van der Waals surface area (Å²) in [6.07, 6.45) is 2.17. The number of piperazine rings is 1. The van der Waals surface area contributed by atoms with Crippen molar-refractivity contribution in [1.82, 2.24) is 20.2 Å². The summed E-state index contributed by atoms with van der Waals surface area (Å²) in [5, 5.41) is 3.75. The molecule has 1 aliphatic carbocycles. The fourth-order valence-electron chi connectivity index (χ4n) is 3.21. The number of nitrogens with two attached hydrogens (primary N) is 1. The van der Waals surface area contributed by atoms with Crippen molar-refractivity contribution in [3.05, 3.63) is 12.1 Å². The standard InChI is InChI=1S/C18H24N6O3/c1-26-14-9-12-13(10-15(14)27-2)21-17(22-16(12)19)23-5-7-24(8-6-23)18(25)20-11-3-4-11/h9-11H,3-8H2,1-2H3,(H,20,25)(H2,19,21,22). The summed E-state index contributed by atoms with van der Waals surface area (Å²) in [5.74, 6) is 2.14. The van der Waals surface area contributed by atoms with Crippen LogP contribution in [0.15, 0.2) is 12.1 Å². The second-order valence-electron chi connectivity index (χ2n) is 6.83. The number of nitrogens with one attached hydrogen (secondary N) is 1. The van der Waals surface area contributed by atoms with Crippen LogP contribution < -0.4 is 25.4 Å². The number of methoxy groups -OCH3 is 2. The molecule has 9 heteroatoms. The Morgan fingerprint density at radius 2 is 1.78 bits per heavy atom. The van der Waals surface area contributed by atoms with Crippen LogP contribution in [0, 0.1) is 0 Å². The molecule has 2 aliphatic rings. The topological polar surface area (TPSA) is 106 Å². The highest BCUT2D eigenvalue weighted by Gasteiger charge is 2.28. The number of amides is 2. The minimum absolute atomic E-state index is 0.0212. The van der Waals surface area contributed by atoms with E-state index in [1.54, 1.807) is 26.4 Å². The summed E-state index contributed by atoms with van der Waals surface area (Å²) < 4.78 is 10.7. The first-order valence-corrected chi connectivity index (χ1v) is 9.08. The fraction of sp³-hybridized carbons (Fsp3) is 0.500. The van der Waals surface area contributed by atoms with Crippen LogP contribution in [0.4, 0.5) is 16.6 Å². The van der Waals surface area contributed by atoms with Gasteiger partial charge in [0, 0.05) is 43.7 Å². The highest BCUT2D eigenvalue weighted by Crippen LogP contribution is 2.34. The second-order valence-corrected chi connectivity index (χ2v) is 6.83. The summed E-state index contributed by atoms with van der Waals surface area (Å²) in [6, 6.07) is 3.97. The van der Waals surface area contributed by atoms with Gasteiger partial charge >= 0.3 is 6.03 Å². The first kappa shape index (κ1) is 17.4. The molecular weight excluding hydrogens is 348 g/mol. The van der Waals surface area contributed by atoms with E-state index in [2.05, 4.69) is 15.3 Å². The number of anilines is 2. The van der Waals surface area contributed by atoms with E-state index in [1.165, 1.54) is 0 Å². The van der Waals surface area contributed by atoms with Crippen molar-refractivity contribution in [1.29, 1.82) is 0 Å². The van der Waals surface area contributed by atoms with Gasteiger partial charge in [0.15, 0.2) is 11.5 Å². The maximum Gasteiger partial charge on any atom is 0.317 e. The molecule has 9 nitrogen and oxygen atoms in total. The molecule has 2 heterocycles. The molecule has 3 N–H and O–H groups in total. The van der Waals surface area contributed by atoms with Crippen molar-refractivity contribution in [3.63, 3.8) is 0 Å². The summed E-state index contributed by atoms with van der Waals surface area (Å²) in [6.45, 7) is 2.59. The monoisotopic (exact) mass is 372 g/mol. The minimum atomic E-state index is 0.0212. The number of nitrogens with zero attached hydrogens (tertiary/aromatic N) is 4. The average Bonchev–Trinajstić information content (AvgIpc) is 3.51. The van der Waals surface area contributed by atoms with Gasteiger partial charge in [0.05, 0.1) is 19.7 Å². The summed E-state index contributed by atoms with van der Waals surface area (Å²) >= 11 is 0. The van der Waals surface area contributed by atoms with Gasteiger partial charge in [-0.05, 0) is 18.9 Å². The Morgan fingerprint density at radius 3 is 2.41 bits per heavy atom. The van der Waals surface area contributed by atoms with E-state index in [0.29, 0.717) is 61.0 Å². The number of ether oxygens (including phenoxy) is 2. The van der Waals surface area contributed by atoms with Crippen molar-refractivity contribution in [3.8, 4) is 11.5 Å². The zero-order valence-corrected chi connectivity index (χ0v) is 15.6.